The summed E-state index contributed by atoms with van der Waals surface area (Å²) in [6.07, 6.45) is 3.43. The number of fused-ring (bicyclic) bond motifs is 1. The second-order valence-electron chi connectivity index (χ2n) is 8.64. The highest BCUT2D eigenvalue weighted by Gasteiger charge is 2.39. The van der Waals surface area contributed by atoms with Crippen molar-refractivity contribution in [3.63, 3.8) is 0 Å². The van der Waals surface area contributed by atoms with Crippen LogP contribution in [0.5, 0.6) is 5.75 Å². The number of ether oxygens (including phenoxy) is 1. The van der Waals surface area contributed by atoms with Gasteiger partial charge in [0.2, 0.25) is 0 Å². The predicted molar refractivity (Wildman–Crippen MR) is 118 cm³/mol. The molecule has 0 unspecified atom stereocenters. The van der Waals surface area contributed by atoms with E-state index in [-0.39, 0.29) is 12.1 Å². The van der Waals surface area contributed by atoms with Crippen LogP contribution in [0, 0.1) is 0 Å². The number of rotatable bonds is 4. The van der Waals surface area contributed by atoms with E-state index in [1.807, 2.05) is 0 Å². The summed E-state index contributed by atoms with van der Waals surface area (Å²) in [5, 5.41) is 3.41. The zero-order valence-electron chi connectivity index (χ0n) is 17.1. The van der Waals surface area contributed by atoms with Gasteiger partial charge in [0, 0.05) is 44.5 Å². The predicted octanol–water partition coefficient (Wildman–Crippen LogP) is 2.56. The van der Waals surface area contributed by atoms with Gasteiger partial charge in [-0.25, -0.2) is 0 Å². The number of piperazine rings is 1. The first-order valence-electron chi connectivity index (χ1n) is 11.1. The van der Waals surface area contributed by atoms with Gasteiger partial charge in [0.05, 0.1) is 6.04 Å². The van der Waals surface area contributed by atoms with Gasteiger partial charge in [-0.3, -0.25) is 4.90 Å². The molecule has 5 nitrogen and oxygen atoms in total. The topological polar surface area (TPSA) is 53.8 Å². The molecule has 3 N–H and O–H groups in total. The number of anilines is 1. The molecule has 0 bridgehead atoms. The number of piperidine rings is 1. The van der Waals surface area contributed by atoms with Crippen LogP contribution in [0.15, 0.2) is 48.5 Å². The van der Waals surface area contributed by atoms with Crippen molar-refractivity contribution < 1.29 is 4.74 Å². The largest absolute Gasteiger partial charge is 0.484 e. The lowest BCUT2D eigenvalue weighted by atomic mass is 10.0. The molecular weight excluding hydrogens is 360 g/mol. The minimum atomic E-state index is 0.0709. The van der Waals surface area contributed by atoms with Gasteiger partial charge >= 0.3 is 0 Å². The van der Waals surface area contributed by atoms with Crippen LogP contribution in [-0.4, -0.2) is 56.3 Å². The molecule has 0 amide bonds. The third kappa shape index (κ3) is 4.00. The Morgan fingerprint density at radius 2 is 1.76 bits per heavy atom. The average molecular weight is 393 g/mol. The first-order chi connectivity index (χ1) is 14.3. The fraction of sp³-hybridized carbons (Fsp3) is 0.500. The number of hydrogen-bond donors (Lipinski definition) is 2. The molecule has 2 heterocycles. The van der Waals surface area contributed by atoms with Crippen LogP contribution in [-0.2, 0) is 6.42 Å². The molecule has 2 aliphatic heterocycles. The summed E-state index contributed by atoms with van der Waals surface area (Å²) < 4.78 is 6.63. The summed E-state index contributed by atoms with van der Waals surface area (Å²) in [7, 11) is 0. The van der Waals surface area contributed by atoms with Crippen LogP contribution in [0.2, 0.25) is 0 Å². The first-order valence-corrected chi connectivity index (χ1v) is 11.1. The number of benzene rings is 2. The quantitative estimate of drug-likeness (QED) is 0.838. The maximum atomic E-state index is 6.63. The standard InChI is InChI=1S/C24H32N4O/c25-19-5-3-13-28(17-19)23-16-18-4-1-2-6-22(18)24(23)29-21-9-7-20(8-10-21)27-14-11-26-12-15-27/h1-2,4,6-10,19,23-24,26H,3,5,11-17,25H2/t19-,23+,24+/m0/s1. The Balaban J connectivity index is 1.35. The third-order valence-corrected chi connectivity index (χ3v) is 6.68. The number of nitrogens with one attached hydrogen (secondary N) is 1. The van der Waals surface area contributed by atoms with Gasteiger partial charge in [-0.1, -0.05) is 24.3 Å². The van der Waals surface area contributed by atoms with Gasteiger partial charge in [-0.05, 0) is 61.2 Å². The van der Waals surface area contributed by atoms with Crippen molar-refractivity contribution in [3.8, 4) is 5.75 Å². The van der Waals surface area contributed by atoms with Crippen molar-refractivity contribution in [3.05, 3.63) is 59.7 Å². The molecule has 29 heavy (non-hydrogen) atoms. The Bertz CT molecular complexity index is 818. The van der Waals surface area contributed by atoms with Crippen molar-refractivity contribution in [2.45, 2.75) is 37.5 Å². The lowest BCUT2D eigenvalue weighted by Gasteiger charge is -2.38. The highest BCUT2D eigenvalue weighted by Crippen LogP contribution is 2.39. The molecule has 2 aromatic rings. The molecule has 0 spiro atoms. The van der Waals surface area contributed by atoms with Crippen molar-refractivity contribution in [1.29, 1.82) is 0 Å². The molecule has 2 saturated heterocycles. The highest BCUT2D eigenvalue weighted by molar-refractivity contribution is 5.50. The van der Waals surface area contributed by atoms with Crippen LogP contribution in [0.1, 0.15) is 30.1 Å². The van der Waals surface area contributed by atoms with Gasteiger partial charge in [-0.2, -0.15) is 0 Å². The van der Waals surface area contributed by atoms with E-state index >= 15 is 0 Å². The lowest BCUT2D eigenvalue weighted by molar-refractivity contribution is 0.0593. The molecule has 2 fully saturated rings. The number of nitrogens with zero attached hydrogens (tertiary/aromatic N) is 2. The Morgan fingerprint density at radius 1 is 0.966 bits per heavy atom. The smallest absolute Gasteiger partial charge is 0.140 e. The molecule has 3 aliphatic rings. The second kappa shape index (κ2) is 8.34. The normalized spacial score (nSPS) is 27.6. The summed E-state index contributed by atoms with van der Waals surface area (Å²) in [5.74, 6) is 0.955. The van der Waals surface area contributed by atoms with E-state index < -0.39 is 0 Å². The van der Waals surface area contributed by atoms with Gasteiger partial charge in [-0.15, -0.1) is 0 Å². The molecule has 5 rings (SSSR count). The monoisotopic (exact) mass is 392 g/mol. The minimum absolute atomic E-state index is 0.0709. The second-order valence-corrected chi connectivity index (χ2v) is 8.64. The van der Waals surface area contributed by atoms with E-state index in [0.717, 1.165) is 57.9 Å². The maximum Gasteiger partial charge on any atom is 0.140 e. The van der Waals surface area contributed by atoms with Gasteiger partial charge in [0.1, 0.15) is 11.9 Å². The van der Waals surface area contributed by atoms with E-state index in [2.05, 4.69) is 63.6 Å². The number of hydrogen-bond acceptors (Lipinski definition) is 5. The van der Waals surface area contributed by atoms with E-state index in [1.54, 1.807) is 0 Å². The molecule has 3 atom stereocenters. The minimum Gasteiger partial charge on any atom is -0.484 e. The zero-order chi connectivity index (χ0) is 19.6. The molecular formula is C24H32N4O. The van der Waals surface area contributed by atoms with Gasteiger partial charge < -0.3 is 20.7 Å². The fourth-order valence-electron chi connectivity index (χ4n) is 5.15. The van der Waals surface area contributed by atoms with Crippen LogP contribution >= 0.6 is 0 Å². The van der Waals surface area contributed by atoms with E-state index in [9.17, 15) is 0 Å². The Labute approximate surface area is 173 Å². The molecule has 0 saturated carbocycles. The zero-order valence-corrected chi connectivity index (χ0v) is 17.1. The molecule has 0 aromatic heterocycles. The summed E-state index contributed by atoms with van der Waals surface area (Å²) in [6, 6.07) is 18.1. The summed E-state index contributed by atoms with van der Waals surface area (Å²) >= 11 is 0. The van der Waals surface area contributed by atoms with E-state index in [1.165, 1.54) is 23.2 Å². The number of likely N-dealkylation sites (tertiary alicyclic amines) is 1. The van der Waals surface area contributed by atoms with Gasteiger partial charge in [0.25, 0.3) is 0 Å². The SMILES string of the molecule is N[C@H]1CCCN([C@@H]2Cc3ccccc3[C@H]2Oc2ccc(N3CCNCC3)cc2)C1. The Kier molecular flexibility index (Phi) is 5.44. The summed E-state index contributed by atoms with van der Waals surface area (Å²) in [6.45, 7) is 6.32. The first kappa shape index (κ1) is 18.9. The molecule has 5 heteroatoms. The summed E-state index contributed by atoms with van der Waals surface area (Å²) in [5.41, 5.74) is 10.3. The highest BCUT2D eigenvalue weighted by atomic mass is 16.5. The molecule has 1 aliphatic carbocycles. The number of nitrogens with two attached hydrogens (primary N) is 1. The van der Waals surface area contributed by atoms with Crippen LogP contribution in [0.4, 0.5) is 5.69 Å². The average Bonchev–Trinajstić information content (AvgIpc) is 3.13. The van der Waals surface area contributed by atoms with E-state index in [0.29, 0.717) is 6.04 Å². The summed E-state index contributed by atoms with van der Waals surface area (Å²) in [4.78, 5) is 5.00. The molecule has 0 radical (unpaired) electrons. The van der Waals surface area contributed by atoms with E-state index in [4.69, 9.17) is 10.5 Å². The maximum absolute atomic E-state index is 6.63. The fourth-order valence-corrected chi connectivity index (χ4v) is 5.15. The Morgan fingerprint density at radius 3 is 2.55 bits per heavy atom. The van der Waals surface area contributed by atoms with Crippen LogP contribution in [0.3, 0.4) is 0 Å². The molecule has 2 aromatic carbocycles. The molecule has 154 valence electrons. The van der Waals surface area contributed by atoms with Crippen molar-refractivity contribution in [2.75, 3.05) is 44.2 Å². The van der Waals surface area contributed by atoms with Crippen molar-refractivity contribution in [2.24, 2.45) is 5.73 Å². The Hall–Kier alpha value is -2.08. The lowest BCUT2D eigenvalue weighted by Crippen LogP contribution is -2.49. The van der Waals surface area contributed by atoms with Crippen LogP contribution < -0.4 is 20.7 Å². The van der Waals surface area contributed by atoms with Gasteiger partial charge in [0.15, 0.2) is 0 Å². The van der Waals surface area contributed by atoms with Crippen LogP contribution in [0.25, 0.3) is 0 Å². The third-order valence-electron chi connectivity index (χ3n) is 6.68. The van der Waals surface area contributed by atoms with Crippen molar-refractivity contribution in [1.82, 2.24) is 10.2 Å². The van der Waals surface area contributed by atoms with Crippen molar-refractivity contribution >= 4 is 5.69 Å².